The number of hydrogen-bond donors (Lipinski definition) is 2. The molecule has 116 valence electrons. The van der Waals surface area contributed by atoms with E-state index in [0.717, 1.165) is 22.9 Å². The van der Waals surface area contributed by atoms with Crippen LogP contribution in [0.5, 0.6) is 11.5 Å². The smallest absolute Gasteiger partial charge is 0.243 e. The van der Waals surface area contributed by atoms with Crippen LogP contribution >= 0.6 is 0 Å². The van der Waals surface area contributed by atoms with Crippen LogP contribution in [0.15, 0.2) is 48.5 Å². The number of methoxy groups -OCH3 is 1. The van der Waals surface area contributed by atoms with Crippen LogP contribution in [0.4, 0.5) is 11.4 Å². The van der Waals surface area contributed by atoms with Gasteiger partial charge in [0.05, 0.1) is 20.3 Å². The highest BCUT2D eigenvalue weighted by molar-refractivity contribution is 5.93. The zero-order chi connectivity index (χ0) is 15.8. The lowest BCUT2D eigenvalue weighted by Gasteiger charge is -2.09. The molecule has 0 aliphatic rings. The Balaban J connectivity index is 1.81. The third-order valence-corrected chi connectivity index (χ3v) is 2.99. The summed E-state index contributed by atoms with van der Waals surface area (Å²) in [4.78, 5) is 11.9. The lowest BCUT2D eigenvalue weighted by Crippen LogP contribution is -2.21. The molecule has 0 saturated carbocycles. The molecule has 0 aliphatic heterocycles. The molecule has 1 amide bonds. The monoisotopic (exact) mass is 300 g/mol. The van der Waals surface area contributed by atoms with Crippen molar-refractivity contribution in [2.24, 2.45) is 0 Å². The van der Waals surface area contributed by atoms with Crippen LogP contribution in [0.25, 0.3) is 0 Å². The van der Waals surface area contributed by atoms with Gasteiger partial charge in [0.2, 0.25) is 5.91 Å². The molecule has 0 atom stereocenters. The van der Waals surface area contributed by atoms with Crippen molar-refractivity contribution in [3.8, 4) is 11.5 Å². The minimum absolute atomic E-state index is 0.112. The van der Waals surface area contributed by atoms with E-state index in [1.54, 1.807) is 31.4 Å². The van der Waals surface area contributed by atoms with Crippen molar-refractivity contribution < 1.29 is 14.3 Å². The van der Waals surface area contributed by atoms with Gasteiger partial charge in [0.1, 0.15) is 11.5 Å². The van der Waals surface area contributed by atoms with Crippen molar-refractivity contribution in [1.82, 2.24) is 0 Å². The predicted molar refractivity (Wildman–Crippen MR) is 87.7 cm³/mol. The van der Waals surface area contributed by atoms with Gasteiger partial charge in [0.15, 0.2) is 0 Å². The Bertz CT molecular complexity index is 594. The zero-order valence-corrected chi connectivity index (χ0v) is 12.8. The van der Waals surface area contributed by atoms with Crippen molar-refractivity contribution in [2.45, 2.75) is 6.92 Å². The molecule has 0 unspecified atom stereocenters. The Hall–Kier alpha value is -2.69. The maximum Gasteiger partial charge on any atom is 0.243 e. The van der Waals surface area contributed by atoms with Gasteiger partial charge in [0, 0.05) is 11.4 Å². The van der Waals surface area contributed by atoms with E-state index < -0.39 is 0 Å². The van der Waals surface area contributed by atoms with Crippen molar-refractivity contribution in [1.29, 1.82) is 0 Å². The van der Waals surface area contributed by atoms with E-state index in [9.17, 15) is 4.79 Å². The van der Waals surface area contributed by atoms with Crippen molar-refractivity contribution in [3.63, 3.8) is 0 Å². The molecule has 22 heavy (non-hydrogen) atoms. The molecule has 0 aliphatic carbocycles. The summed E-state index contributed by atoms with van der Waals surface area (Å²) in [5.74, 6) is 1.46. The molecule has 2 aromatic carbocycles. The number of rotatable bonds is 7. The molecule has 2 aromatic rings. The van der Waals surface area contributed by atoms with Crippen molar-refractivity contribution in [2.75, 3.05) is 30.9 Å². The Kier molecular flexibility index (Phi) is 5.65. The summed E-state index contributed by atoms with van der Waals surface area (Å²) in [6.45, 7) is 2.77. The quantitative estimate of drug-likeness (QED) is 0.824. The molecule has 5 heteroatoms. The fraction of sp³-hybridized carbons (Fsp3) is 0.235. The van der Waals surface area contributed by atoms with Gasteiger partial charge in [-0.25, -0.2) is 0 Å². The van der Waals surface area contributed by atoms with Gasteiger partial charge in [-0.05, 0) is 55.5 Å². The van der Waals surface area contributed by atoms with E-state index in [1.165, 1.54) is 0 Å². The lowest BCUT2D eigenvalue weighted by molar-refractivity contribution is -0.114. The first kappa shape index (κ1) is 15.7. The molecule has 0 saturated heterocycles. The van der Waals surface area contributed by atoms with Gasteiger partial charge in [-0.1, -0.05) is 0 Å². The summed E-state index contributed by atoms with van der Waals surface area (Å²) in [5, 5.41) is 5.88. The maximum absolute atomic E-state index is 11.9. The first-order chi connectivity index (χ1) is 10.7. The standard InChI is InChI=1S/C17H20N2O3/c1-3-22-16-10-4-13(5-11-16)18-12-17(20)19-14-6-8-15(21-2)9-7-14/h4-11,18H,3,12H2,1-2H3,(H,19,20). The third-order valence-electron chi connectivity index (χ3n) is 2.99. The highest BCUT2D eigenvalue weighted by Gasteiger charge is 2.03. The predicted octanol–water partition coefficient (Wildman–Crippen LogP) is 3.14. The summed E-state index contributed by atoms with van der Waals surface area (Å²) in [6, 6.07) is 14.7. The van der Waals surface area contributed by atoms with Gasteiger partial charge < -0.3 is 20.1 Å². The van der Waals surface area contributed by atoms with Crippen LogP contribution in [-0.2, 0) is 4.79 Å². The average Bonchev–Trinajstić information content (AvgIpc) is 2.55. The summed E-state index contributed by atoms with van der Waals surface area (Å²) >= 11 is 0. The Morgan fingerprint density at radius 1 is 0.955 bits per heavy atom. The second-order valence-electron chi connectivity index (χ2n) is 4.59. The van der Waals surface area contributed by atoms with Gasteiger partial charge in [-0.3, -0.25) is 4.79 Å². The molecule has 0 bridgehead atoms. The van der Waals surface area contributed by atoms with Gasteiger partial charge in [-0.2, -0.15) is 0 Å². The number of carbonyl (C=O) groups is 1. The first-order valence-electron chi connectivity index (χ1n) is 7.12. The number of nitrogens with one attached hydrogen (secondary N) is 2. The van der Waals surface area contributed by atoms with E-state index in [1.807, 2.05) is 31.2 Å². The van der Waals surface area contributed by atoms with Gasteiger partial charge in [0.25, 0.3) is 0 Å². The summed E-state index contributed by atoms with van der Waals surface area (Å²) in [7, 11) is 1.61. The zero-order valence-electron chi connectivity index (χ0n) is 12.8. The SMILES string of the molecule is CCOc1ccc(NCC(=O)Nc2ccc(OC)cc2)cc1. The Morgan fingerprint density at radius 3 is 2.14 bits per heavy atom. The summed E-state index contributed by atoms with van der Waals surface area (Å²) < 4.78 is 10.4. The second-order valence-corrected chi connectivity index (χ2v) is 4.59. The fourth-order valence-electron chi connectivity index (χ4n) is 1.90. The van der Waals surface area contributed by atoms with E-state index in [0.29, 0.717) is 6.61 Å². The van der Waals surface area contributed by atoms with Crippen molar-refractivity contribution >= 4 is 17.3 Å². The molecular weight excluding hydrogens is 280 g/mol. The topological polar surface area (TPSA) is 59.6 Å². The average molecular weight is 300 g/mol. The Labute approximate surface area is 130 Å². The molecule has 0 radical (unpaired) electrons. The first-order valence-corrected chi connectivity index (χ1v) is 7.12. The van der Waals surface area contributed by atoms with E-state index >= 15 is 0 Å². The lowest BCUT2D eigenvalue weighted by atomic mass is 10.3. The fourth-order valence-corrected chi connectivity index (χ4v) is 1.90. The summed E-state index contributed by atoms with van der Waals surface area (Å²) in [5.41, 5.74) is 1.60. The largest absolute Gasteiger partial charge is 0.497 e. The molecule has 5 nitrogen and oxygen atoms in total. The second kappa shape index (κ2) is 7.93. The molecule has 0 fully saturated rings. The minimum atomic E-state index is -0.112. The van der Waals surface area contributed by atoms with Gasteiger partial charge in [-0.15, -0.1) is 0 Å². The number of hydrogen-bond acceptors (Lipinski definition) is 4. The molecule has 2 N–H and O–H groups in total. The number of benzene rings is 2. The molecular formula is C17H20N2O3. The highest BCUT2D eigenvalue weighted by atomic mass is 16.5. The third kappa shape index (κ3) is 4.70. The maximum atomic E-state index is 11.9. The van der Waals surface area contributed by atoms with Crippen LogP contribution in [0.3, 0.4) is 0 Å². The number of carbonyl (C=O) groups excluding carboxylic acids is 1. The van der Waals surface area contributed by atoms with E-state index in [2.05, 4.69) is 10.6 Å². The molecule has 0 heterocycles. The van der Waals surface area contributed by atoms with Crippen LogP contribution in [0, 0.1) is 0 Å². The summed E-state index contributed by atoms with van der Waals surface area (Å²) in [6.07, 6.45) is 0. The van der Waals surface area contributed by atoms with Crippen LogP contribution < -0.4 is 20.1 Å². The number of amides is 1. The molecule has 0 spiro atoms. The molecule has 0 aromatic heterocycles. The van der Waals surface area contributed by atoms with Crippen molar-refractivity contribution in [3.05, 3.63) is 48.5 Å². The number of anilines is 2. The molecule has 2 rings (SSSR count). The Morgan fingerprint density at radius 2 is 1.55 bits per heavy atom. The highest BCUT2D eigenvalue weighted by Crippen LogP contribution is 2.16. The van der Waals surface area contributed by atoms with Crippen LogP contribution in [0.2, 0.25) is 0 Å². The van der Waals surface area contributed by atoms with E-state index in [4.69, 9.17) is 9.47 Å². The van der Waals surface area contributed by atoms with E-state index in [-0.39, 0.29) is 12.5 Å². The number of ether oxygens (including phenoxy) is 2. The van der Waals surface area contributed by atoms with Crippen LogP contribution in [0.1, 0.15) is 6.92 Å². The van der Waals surface area contributed by atoms with Crippen LogP contribution in [-0.4, -0.2) is 26.2 Å². The minimum Gasteiger partial charge on any atom is -0.497 e. The normalized spacial score (nSPS) is 9.91. The van der Waals surface area contributed by atoms with Gasteiger partial charge >= 0.3 is 0 Å².